The van der Waals surface area contributed by atoms with E-state index in [1.807, 2.05) is 6.92 Å². The zero-order valence-electron chi connectivity index (χ0n) is 11.4. The number of ether oxygens (including phenoxy) is 1. The molecule has 0 saturated carbocycles. The Morgan fingerprint density at radius 2 is 1.81 bits per heavy atom. The molecule has 1 nitrogen and oxygen atoms in total. The van der Waals surface area contributed by atoms with Crippen molar-refractivity contribution < 1.29 is 4.74 Å². The summed E-state index contributed by atoms with van der Waals surface area (Å²) in [7, 11) is 0. The second kappa shape index (κ2) is 4.90. The van der Waals surface area contributed by atoms with Gasteiger partial charge in [0.25, 0.3) is 0 Å². The van der Waals surface area contributed by atoms with Crippen LogP contribution in [0, 0.1) is 0 Å². The Morgan fingerprint density at radius 1 is 1.19 bits per heavy atom. The molecule has 0 aliphatic heterocycles. The number of hydrogen-bond acceptors (Lipinski definition) is 1. The molecule has 0 heterocycles. The van der Waals surface area contributed by atoms with E-state index < -0.39 is 0 Å². The normalized spacial score (nSPS) is 11.9. The van der Waals surface area contributed by atoms with E-state index in [1.165, 1.54) is 11.1 Å². The molecule has 0 atom stereocenters. The summed E-state index contributed by atoms with van der Waals surface area (Å²) in [6.45, 7) is 14.0. The molecule has 1 aromatic carbocycles. The Balaban J connectivity index is 3.20. The van der Waals surface area contributed by atoms with Crippen molar-refractivity contribution in [3.05, 3.63) is 29.3 Å². The lowest BCUT2D eigenvalue weighted by Crippen LogP contribution is -2.15. The van der Waals surface area contributed by atoms with Crippen molar-refractivity contribution in [1.29, 1.82) is 0 Å². The maximum Gasteiger partial charge on any atom is 0.119 e. The standard InChI is InChI=1S/C15H24O/c1-7-16-12-8-9-14(15(4,5)6)13(10-12)11(2)3/h8-11H,7H2,1-6H3. The van der Waals surface area contributed by atoms with Crippen molar-refractivity contribution in [2.75, 3.05) is 6.61 Å². The molecule has 0 unspecified atom stereocenters. The van der Waals surface area contributed by atoms with Crippen LogP contribution < -0.4 is 4.74 Å². The molecule has 0 saturated heterocycles. The van der Waals surface area contributed by atoms with Gasteiger partial charge in [0.15, 0.2) is 0 Å². The molecule has 90 valence electrons. The second-order valence-corrected chi connectivity index (χ2v) is 5.59. The quantitative estimate of drug-likeness (QED) is 0.728. The molecule has 0 aliphatic rings. The van der Waals surface area contributed by atoms with Crippen LogP contribution in [0.5, 0.6) is 5.75 Å². The highest BCUT2D eigenvalue weighted by Crippen LogP contribution is 2.33. The first kappa shape index (κ1) is 13.1. The third kappa shape index (κ3) is 3.01. The SMILES string of the molecule is CCOc1ccc(C(C)(C)C)c(C(C)C)c1. The fraction of sp³-hybridized carbons (Fsp3) is 0.600. The summed E-state index contributed by atoms with van der Waals surface area (Å²) in [5.41, 5.74) is 3.02. The zero-order valence-corrected chi connectivity index (χ0v) is 11.4. The van der Waals surface area contributed by atoms with E-state index in [4.69, 9.17) is 4.74 Å². The molecular formula is C15H24O. The largest absolute Gasteiger partial charge is 0.494 e. The summed E-state index contributed by atoms with van der Waals surface area (Å²) >= 11 is 0. The number of rotatable bonds is 3. The van der Waals surface area contributed by atoms with Gasteiger partial charge in [0, 0.05) is 0 Å². The van der Waals surface area contributed by atoms with Crippen LogP contribution in [0.15, 0.2) is 18.2 Å². The molecule has 1 heteroatoms. The van der Waals surface area contributed by atoms with Gasteiger partial charge in [-0.15, -0.1) is 0 Å². The molecule has 0 bridgehead atoms. The van der Waals surface area contributed by atoms with Crippen LogP contribution in [0.3, 0.4) is 0 Å². The zero-order chi connectivity index (χ0) is 12.3. The van der Waals surface area contributed by atoms with Crippen molar-refractivity contribution in [3.63, 3.8) is 0 Å². The summed E-state index contributed by atoms with van der Waals surface area (Å²) in [5, 5.41) is 0. The molecule has 1 aromatic rings. The second-order valence-electron chi connectivity index (χ2n) is 5.59. The predicted octanol–water partition coefficient (Wildman–Crippen LogP) is 4.51. The topological polar surface area (TPSA) is 9.23 Å². The van der Waals surface area contributed by atoms with Crippen LogP contribution in [0.1, 0.15) is 58.6 Å². The monoisotopic (exact) mass is 220 g/mol. The van der Waals surface area contributed by atoms with Crippen molar-refractivity contribution in [2.45, 2.75) is 52.9 Å². The first-order valence-corrected chi connectivity index (χ1v) is 6.13. The van der Waals surface area contributed by atoms with E-state index in [-0.39, 0.29) is 5.41 Å². The van der Waals surface area contributed by atoms with E-state index in [0.29, 0.717) is 5.92 Å². The maximum absolute atomic E-state index is 5.56. The van der Waals surface area contributed by atoms with Gasteiger partial charge < -0.3 is 4.74 Å². The minimum absolute atomic E-state index is 0.199. The van der Waals surface area contributed by atoms with Crippen molar-refractivity contribution in [1.82, 2.24) is 0 Å². The van der Waals surface area contributed by atoms with Crippen LogP contribution in [0.25, 0.3) is 0 Å². The first-order valence-electron chi connectivity index (χ1n) is 6.13. The van der Waals surface area contributed by atoms with E-state index in [9.17, 15) is 0 Å². The predicted molar refractivity (Wildman–Crippen MR) is 70.4 cm³/mol. The van der Waals surface area contributed by atoms with Crippen molar-refractivity contribution in [3.8, 4) is 5.75 Å². The molecule has 0 N–H and O–H groups in total. The highest BCUT2D eigenvalue weighted by molar-refractivity contribution is 5.41. The lowest BCUT2D eigenvalue weighted by molar-refractivity contribution is 0.339. The van der Waals surface area contributed by atoms with Gasteiger partial charge >= 0.3 is 0 Å². The van der Waals surface area contributed by atoms with Gasteiger partial charge in [-0.25, -0.2) is 0 Å². The van der Waals surface area contributed by atoms with Gasteiger partial charge in [-0.05, 0) is 41.5 Å². The molecule has 1 rings (SSSR count). The maximum atomic E-state index is 5.56. The average molecular weight is 220 g/mol. The summed E-state index contributed by atoms with van der Waals surface area (Å²) in [5.74, 6) is 1.52. The molecular weight excluding hydrogens is 196 g/mol. The van der Waals surface area contributed by atoms with Gasteiger partial charge in [0.2, 0.25) is 0 Å². The Labute approximate surface area is 99.8 Å². The summed E-state index contributed by atoms with van der Waals surface area (Å²) in [6, 6.07) is 6.48. The Hall–Kier alpha value is -0.980. The molecule has 0 spiro atoms. The van der Waals surface area contributed by atoms with Crippen LogP contribution >= 0.6 is 0 Å². The summed E-state index contributed by atoms with van der Waals surface area (Å²) in [6.07, 6.45) is 0. The summed E-state index contributed by atoms with van der Waals surface area (Å²) in [4.78, 5) is 0. The minimum Gasteiger partial charge on any atom is -0.494 e. The van der Waals surface area contributed by atoms with Gasteiger partial charge in [-0.3, -0.25) is 0 Å². The number of hydrogen-bond donors (Lipinski definition) is 0. The molecule has 0 aliphatic carbocycles. The molecule has 0 radical (unpaired) electrons. The summed E-state index contributed by atoms with van der Waals surface area (Å²) < 4.78 is 5.56. The molecule has 0 amide bonds. The fourth-order valence-corrected chi connectivity index (χ4v) is 1.96. The van der Waals surface area contributed by atoms with Crippen molar-refractivity contribution >= 4 is 0 Å². The smallest absolute Gasteiger partial charge is 0.119 e. The van der Waals surface area contributed by atoms with Gasteiger partial charge in [-0.2, -0.15) is 0 Å². The van der Waals surface area contributed by atoms with Gasteiger partial charge in [0.05, 0.1) is 6.61 Å². The highest BCUT2D eigenvalue weighted by Gasteiger charge is 2.19. The van der Waals surface area contributed by atoms with Crippen molar-refractivity contribution in [2.24, 2.45) is 0 Å². The Morgan fingerprint density at radius 3 is 2.25 bits per heavy atom. The first-order chi connectivity index (χ1) is 7.36. The average Bonchev–Trinajstić information content (AvgIpc) is 2.16. The minimum atomic E-state index is 0.199. The van der Waals surface area contributed by atoms with E-state index in [1.54, 1.807) is 0 Å². The Kier molecular flexibility index (Phi) is 4.01. The molecule has 0 aromatic heterocycles. The molecule has 16 heavy (non-hydrogen) atoms. The third-order valence-corrected chi connectivity index (χ3v) is 2.76. The lowest BCUT2D eigenvalue weighted by atomic mass is 9.81. The van der Waals surface area contributed by atoms with Crippen LogP contribution in [0.2, 0.25) is 0 Å². The van der Waals surface area contributed by atoms with Gasteiger partial charge in [-0.1, -0.05) is 40.7 Å². The van der Waals surface area contributed by atoms with Crippen LogP contribution in [-0.4, -0.2) is 6.61 Å². The number of benzene rings is 1. The van der Waals surface area contributed by atoms with Crippen LogP contribution in [0.4, 0.5) is 0 Å². The van der Waals surface area contributed by atoms with E-state index in [0.717, 1.165) is 12.4 Å². The van der Waals surface area contributed by atoms with Crippen LogP contribution in [-0.2, 0) is 5.41 Å². The lowest BCUT2D eigenvalue weighted by Gasteiger charge is -2.25. The fourth-order valence-electron chi connectivity index (χ4n) is 1.96. The van der Waals surface area contributed by atoms with E-state index >= 15 is 0 Å². The van der Waals surface area contributed by atoms with E-state index in [2.05, 4.69) is 52.8 Å². The highest BCUT2D eigenvalue weighted by atomic mass is 16.5. The third-order valence-electron chi connectivity index (χ3n) is 2.76. The molecule has 0 fully saturated rings. The van der Waals surface area contributed by atoms with Gasteiger partial charge in [0.1, 0.15) is 5.75 Å². The Bertz CT molecular complexity index is 345.